The second kappa shape index (κ2) is 8.58. The predicted octanol–water partition coefficient (Wildman–Crippen LogP) is 2.92. The normalized spacial score (nSPS) is 10.5. The second-order valence-corrected chi connectivity index (χ2v) is 4.90. The number of hydrazone groups is 1. The van der Waals surface area contributed by atoms with Crippen LogP contribution in [0, 0.1) is 6.92 Å². The van der Waals surface area contributed by atoms with Crippen LogP contribution in [0.1, 0.15) is 18.1 Å². The number of carbonyl (C=O) groups is 1. The van der Waals surface area contributed by atoms with Gasteiger partial charge in [-0.15, -0.1) is 0 Å². The van der Waals surface area contributed by atoms with Crippen LogP contribution in [0.5, 0.6) is 11.5 Å². The van der Waals surface area contributed by atoms with E-state index in [1.165, 1.54) is 5.56 Å². The van der Waals surface area contributed by atoms with E-state index in [0.717, 1.165) is 11.3 Å². The Morgan fingerprint density at radius 3 is 2.26 bits per heavy atom. The SMILES string of the molecule is CCOc1ccc(OCC(=O)N/N=C\c2ccc(C)cc2)cc1. The highest BCUT2D eigenvalue weighted by Gasteiger charge is 2.01. The van der Waals surface area contributed by atoms with Gasteiger partial charge in [-0.05, 0) is 43.7 Å². The van der Waals surface area contributed by atoms with Gasteiger partial charge in [0.15, 0.2) is 6.61 Å². The Morgan fingerprint density at radius 1 is 1.04 bits per heavy atom. The van der Waals surface area contributed by atoms with E-state index in [0.29, 0.717) is 12.4 Å². The zero-order chi connectivity index (χ0) is 16.5. The fourth-order valence-corrected chi connectivity index (χ4v) is 1.81. The van der Waals surface area contributed by atoms with Crippen LogP contribution >= 0.6 is 0 Å². The van der Waals surface area contributed by atoms with Crippen molar-refractivity contribution in [3.63, 3.8) is 0 Å². The number of carbonyl (C=O) groups excluding carboxylic acids is 1. The first-order valence-corrected chi connectivity index (χ1v) is 7.41. The zero-order valence-corrected chi connectivity index (χ0v) is 13.3. The van der Waals surface area contributed by atoms with Crippen LogP contribution in [0.4, 0.5) is 0 Å². The van der Waals surface area contributed by atoms with Crippen molar-refractivity contribution in [1.82, 2.24) is 5.43 Å². The summed E-state index contributed by atoms with van der Waals surface area (Å²) in [7, 11) is 0. The van der Waals surface area contributed by atoms with Gasteiger partial charge in [0.05, 0.1) is 12.8 Å². The topological polar surface area (TPSA) is 59.9 Å². The van der Waals surface area contributed by atoms with Crippen LogP contribution in [0.2, 0.25) is 0 Å². The molecule has 2 aromatic carbocycles. The number of hydrogen-bond donors (Lipinski definition) is 1. The Morgan fingerprint density at radius 2 is 1.65 bits per heavy atom. The number of ether oxygens (including phenoxy) is 2. The standard InChI is InChI=1S/C18H20N2O3/c1-3-22-16-8-10-17(11-9-16)23-13-18(21)20-19-12-15-6-4-14(2)5-7-15/h4-12H,3,13H2,1-2H3,(H,20,21)/b19-12-. The maximum Gasteiger partial charge on any atom is 0.277 e. The number of nitrogens with one attached hydrogen (secondary N) is 1. The maximum atomic E-state index is 11.7. The molecular formula is C18H20N2O3. The smallest absolute Gasteiger partial charge is 0.277 e. The lowest BCUT2D eigenvalue weighted by atomic mass is 10.2. The van der Waals surface area contributed by atoms with E-state index in [-0.39, 0.29) is 12.5 Å². The van der Waals surface area contributed by atoms with Gasteiger partial charge in [-0.1, -0.05) is 29.8 Å². The fourth-order valence-electron chi connectivity index (χ4n) is 1.81. The number of nitrogens with zero attached hydrogens (tertiary/aromatic N) is 1. The monoisotopic (exact) mass is 312 g/mol. The minimum Gasteiger partial charge on any atom is -0.494 e. The first-order chi connectivity index (χ1) is 11.2. The number of amides is 1. The third-order valence-electron chi connectivity index (χ3n) is 2.98. The summed E-state index contributed by atoms with van der Waals surface area (Å²) in [6, 6.07) is 14.9. The highest BCUT2D eigenvalue weighted by Crippen LogP contribution is 2.17. The molecule has 23 heavy (non-hydrogen) atoms. The van der Waals surface area contributed by atoms with Crippen LogP contribution in [0.3, 0.4) is 0 Å². The summed E-state index contributed by atoms with van der Waals surface area (Å²) in [6.45, 7) is 4.45. The molecule has 0 aliphatic rings. The van der Waals surface area contributed by atoms with E-state index in [2.05, 4.69) is 10.5 Å². The summed E-state index contributed by atoms with van der Waals surface area (Å²) < 4.78 is 10.7. The average molecular weight is 312 g/mol. The largest absolute Gasteiger partial charge is 0.494 e. The quantitative estimate of drug-likeness (QED) is 0.631. The molecule has 0 unspecified atom stereocenters. The van der Waals surface area contributed by atoms with E-state index in [1.807, 2.05) is 38.1 Å². The Kier molecular flexibility index (Phi) is 6.17. The van der Waals surface area contributed by atoms with Gasteiger partial charge in [0.1, 0.15) is 11.5 Å². The van der Waals surface area contributed by atoms with Crippen LogP contribution in [-0.2, 0) is 4.79 Å². The molecule has 1 amide bonds. The third-order valence-corrected chi connectivity index (χ3v) is 2.98. The molecule has 2 aromatic rings. The summed E-state index contributed by atoms with van der Waals surface area (Å²) in [6.07, 6.45) is 1.59. The first kappa shape index (κ1) is 16.5. The van der Waals surface area contributed by atoms with E-state index in [1.54, 1.807) is 30.5 Å². The minimum atomic E-state index is -0.317. The van der Waals surface area contributed by atoms with Crippen molar-refractivity contribution in [3.05, 3.63) is 59.7 Å². The summed E-state index contributed by atoms with van der Waals surface area (Å²) >= 11 is 0. The van der Waals surface area contributed by atoms with Crippen molar-refractivity contribution >= 4 is 12.1 Å². The molecule has 0 aliphatic carbocycles. The number of hydrogen-bond acceptors (Lipinski definition) is 4. The van der Waals surface area contributed by atoms with Gasteiger partial charge >= 0.3 is 0 Å². The Bertz CT molecular complexity index is 649. The Labute approximate surface area is 135 Å². The molecule has 0 spiro atoms. The highest BCUT2D eigenvalue weighted by atomic mass is 16.5. The molecule has 0 aromatic heterocycles. The van der Waals surface area contributed by atoms with Crippen LogP contribution in [0.15, 0.2) is 53.6 Å². The van der Waals surface area contributed by atoms with Gasteiger partial charge in [-0.2, -0.15) is 5.10 Å². The van der Waals surface area contributed by atoms with Crippen molar-refractivity contribution in [2.45, 2.75) is 13.8 Å². The second-order valence-electron chi connectivity index (χ2n) is 4.90. The molecule has 0 fully saturated rings. The summed E-state index contributed by atoms with van der Waals surface area (Å²) in [5.41, 5.74) is 4.52. The molecule has 2 rings (SSSR count). The lowest BCUT2D eigenvalue weighted by Gasteiger charge is -2.06. The lowest BCUT2D eigenvalue weighted by Crippen LogP contribution is -2.24. The van der Waals surface area contributed by atoms with Gasteiger partial charge in [0.2, 0.25) is 0 Å². The fraction of sp³-hybridized carbons (Fsp3) is 0.222. The van der Waals surface area contributed by atoms with Crippen LogP contribution < -0.4 is 14.9 Å². The lowest BCUT2D eigenvalue weighted by molar-refractivity contribution is -0.123. The predicted molar refractivity (Wildman–Crippen MR) is 90.0 cm³/mol. The molecule has 120 valence electrons. The number of rotatable bonds is 7. The maximum absolute atomic E-state index is 11.7. The Hall–Kier alpha value is -2.82. The molecule has 0 heterocycles. The molecule has 0 bridgehead atoms. The van der Waals surface area contributed by atoms with E-state index >= 15 is 0 Å². The van der Waals surface area contributed by atoms with Gasteiger partial charge in [-0.3, -0.25) is 4.79 Å². The van der Waals surface area contributed by atoms with Gasteiger partial charge in [-0.25, -0.2) is 5.43 Å². The van der Waals surface area contributed by atoms with Crippen LogP contribution in [-0.4, -0.2) is 25.3 Å². The van der Waals surface area contributed by atoms with Crippen molar-refractivity contribution in [1.29, 1.82) is 0 Å². The molecule has 0 saturated carbocycles. The molecule has 0 radical (unpaired) electrons. The molecule has 0 aliphatic heterocycles. The van der Waals surface area contributed by atoms with Crippen molar-refractivity contribution in [2.24, 2.45) is 5.10 Å². The van der Waals surface area contributed by atoms with E-state index in [4.69, 9.17) is 9.47 Å². The molecular weight excluding hydrogens is 292 g/mol. The van der Waals surface area contributed by atoms with Gasteiger partial charge in [0.25, 0.3) is 5.91 Å². The zero-order valence-electron chi connectivity index (χ0n) is 13.3. The highest BCUT2D eigenvalue weighted by molar-refractivity contribution is 5.82. The van der Waals surface area contributed by atoms with Crippen LogP contribution in [0.25, 0.3) is 0 Å². The Balaban J connectivity index is 1.75. The van der Waals surface area contributed by atoms with Gasteiger partial charge < -0.3 is 9.47 Å². The number of benzene rings is 2. The molecule has 0 saturated heterocycles. The van der Waals surface area contributed by atoms with Gasteiger partial charge in [0, 0.05) is 0 Å². The third kappa shape index (κ3) is 5.82. The minimum absolute atomic E-state index is 0.0980. The first-order valence-electron chi connectivity index (χ1n) is 7.41. The van der Waals surface area contributed by atoms with Crippen molar-refractivity contribution in [2.75, 3.05) is 13.2 Å². The number of aryl methyl sites for hydroxylation is 1. The van der Waals surface area contributed by atoms with Crippen molar-refractivity contribution < 1.29 is 14.3 Å². The van der Waals surface area contributed by atoms with E-state index in [9.17, 15) is 4.79 Å². The summed E-state index contributed by atoms with van der Waals surface area (Å²) in [4.78, 5) is 11.7. The molecule has 5 nitrogen and oxygen atoms in total. The summed E-state index contributed by atoms with van der Waals surface area (Å²) in [5.74, 6) is 1.06. The average Bonchev–Trinajstić information content (AvgIpc) is 2.56. The molecule has 1 N–H and O–H groups in total. The van der Waals surface area contributed by atoms with Crippen molar-refractivity contribution in [3.8, 4) is 11.5 Å². The molecule has 0 atom stereocenters. The summed E-state index contributed by atoms with van der Waals surface area (Å²) in [5, 5.41) is 3.90. The molecule has 5 heteroatoms. The van der Waals surface area contributed by atoms with E-state index < -0.39 is 0 Å².